The number of fused-ring (bicyclic) bond motifs is 4. The van der Waals surface area contributed by atoms with Crippen LogP contribution in [0.2, 0.25) is 0 Å². The molecule has 216 valence electrons. The van der Waals surface area contributed by atoms with Gasteiger partial charge in [-0.15, -0.1) is 0 Å². The Hall–Kier alpha value is 1.84. The van der Waals surface area contributed by atoms with Gasteiger partial charge in [0.2, 0.25) is 0 Å². The maximum Gasteiger partial charge on any atom is 0.101 e. The molecule has 0 aromatic carbocycles. The van der Waals surface area contributed by atoms with E-state index in [4.69, 9.17) is 9.47 Å². The third-order valence-electron chi connectivity index (χ3n) is 14.4. The maximum absolute atomic E-state index is 6.47. The molecule has 8 fully saturated rings. The van der Waals surface area contributed by atoms with Crippen LogP contribution in [0, 0.1) is 45.3 Å². The maximum atomic E-state index is 6.47. The predicted molar refractivity (Wildman–Crippen MR) is 170 cm³/mol. The minimum atomic E-state index is 0.148. The molecule has 6 heteroatoms. The smallest absolute Gasteiger partial charge is 0.101 e. The first kappa shape index (κ1) is 28.6. The lowest BCUT2D eigenvalue weighted by molar-refractivity contribution is 0.0254. The van der Waals surface area contributed by atoms with Crippen LogP contribution >= 0.6 is 63.7 Å². The topological polar surface area (TPSA) is 25.1 Å². The van der Waals surface area contributed by atoms with E-state index >= 15 is 0 Å². The van der Waals surface area contributed by atoms with Crippen molar-refractivity contribution in [3.63, 3.8) is 0 Å². The normalized spacial score (nSPS) is 60.3. The van der Waals surface area contributed by atoms with Crippen molar-refractivity contribution < 1.29 is 9.47 Å². The van der Waals surface area contributed by atoms with Crippen LogP contribution in [0.3, 0.4) is 0 Å². The van der Waals surface area contributed by atoms with Crippen molar-refractivity contribution >= 4 is 63.7 Å². The van der Waals surface area contributed by atoms with Gasteiger partial charge in [0.15, 0.2) is 0 Å². The lowest BCUT2D eigenvalue weighted by atomic mass is 9.60. The van der Waals surface area contributed by atoms with E-state index in [0.717, 1.165) is 0 Å². The monoisotopic (exact) mass is 780 g/mol. The van der Waals surface area contributed by atoms with E-state index in [1.807, 2.05) is 0 Å². The highest BCUT2D eigenvalue weighted by Crippen LogP contribution is 2.86. The summed E-state index contributed by atoms with van der Waals surface area (Å²) < 4.78 is 13.2. The van der Waals surface area contributed by atoms with Crippen LogP contribution in [0.25, 0.3) is 0 Å². The largest absolute Gasteiger partial charge is 0.362 e. The van der Waals surface area contributed by atoms with Crippen LogP contribution in [0.5, 0.6) is 0 Å². The molecular weight excluding hydrogens is 736 g/mol. The van der Waals surface area contributed by atoms with Crippen molar-refractivity contribution in [3.05, 3.63) is 0 Å². The number of epoxide rings is 2. The molecule has 2 saturated heterocycles. The second-order valence-electron chi connectivity index (χ2n) is 17.1. The first-order chi connectivity index (χ1) is 17.2. The fraction of sp³-hybridized carbons (Fsp3) is 1.00. The molecule has 8 aliphatic rings. The van der Waals surface area contributed by atoms with Crippen LogP contribution in [-0.4, -0.2) is 28.9 Å². The Bertz CT molecular complexity index is 1000. The van der Waals surface area contributed by atoms with Gasteiger partial charge in [-0.25, -0.2) is 0 Å². The highest BCUT2D eigenvalue weighted by Gasteiger charge is 2.88. The Labute approximate surface area is 265 Å². The van der Waals surface area contributed by atoms with Gasteiger partial charge < -0.3 is 9.47 Å². The van der Waals surface area contributed by atoms with Gasteiger partial charge in [-0.2, -0.15) is 0 Å². The van der Waals surface area contributed by atoms with Gasteiger partial charge in [0.25, 0.3) is 0 Å². The van der Waals surface area contributed by atoms with Gasteiger partial charge in [0.05, 0.1) is 17.7 Å². The molecule has 0 amide bonds. The van der Waals surface area contributed by atoms with Gasteiger partial charge in [-0.3, -0.25) is 0 Å². The quantitative estimate of drug-likeness (QED) is 0.181. The Morgan fingerprint density at radius 3 is 1.13 bits per heavy atom. The van der Waals surface area contributed by atoms with Crippen molar-refractivity contribution in [2.45, 2.75) is 148 Å². The molecule has 38 heavy (non-hydrogen) atoms. The molecule has 2 spiro atoms. The van der Waals surface area contributed by atoms with Crippen LogP contribution < -0.4 is 0 Å². The summed E-state index contributed by atoms with van der Waals surface area (Å²) in [4.78, 5) is 0. The summed E-state index contributed by atoms with van der Waals surface area (Å²) in [6, 6.07) is 0. The number of hydrogen-bond acceptors (Lipinski definition) is 2. The minimum absolute atomic E-state index is 0.148. The first-order valence-electron chi connectivity index (χ1n) is 15.4. The van der Waals surface area contributed by atoms with Gasteiger partial charge in [-0.1, -0.05) is 105 Å². The molecule has 6 aliphatic carbocycles. The molecule has 8 rings (SSSR count). The molecule has 0 aromatic rings. The first-order valence-corrected chi connectivity index (χ1v) is 18.5. The molecule has 0 bridgehead atoms. The zero-order valence-electron chi connectivity index (χ0n) is 24.7. The van der Waals surface area contributed by atoms with Crippen molar-refractivity contribution in [2.24, 2.45) is 45.3 Å². The molecule has 2 aliphatic heterocycles. The Morgan fingerprint density at radius 1 is 0.447 bits per heavy atom. The number of ether oxygens (including phenoxy) is 2. The minimum Gasteiger partial charge on any atom is -0.362 e. The van der Waals surface area contributed by atoms with Crippen LogP contribution in [0.15, 0.2) is 0 Å². The highest BCUT2D eigenvalue weighted by molar-refractivity contribution is 9.26. The molecule has 0 aromatic heterocycles. The number of halogens is 4. The van der Waals surface area contributed by atoms with E-state index in [1.165, 1.54) is 64.2 Å². The van der Waals surface area contributed by atoms with Gasteiger partial charge in [-0.05, 0) is 112 Å². The van der Waals surface area contributed by atoms with E-state index in [2.05, 4.69) is 119 Å². The number of rotatable bonds is 0. The van der Waals surface area contributed by atoms with E-state index in [9.17, 15) is 0 Å². The predicted octanol–water partition coefficient (Wildman–Crippen LogP) is 10.5. The standard InChI is InChI=1S/2C16H24Br2O/c2*1-12(2)6-5-7-14(4)15(19-14)9-8-13(3)11(10(12)15)16(13,17)18/h2*10-11H,5-9H2,1-4H3/t2*10-,11+,13-,14-,15+/m11/s1. The summed E-state index contributed by atoms with van der Waals surface area (Å²) in [5, 5.41) is 0. The second kappa shape index (κ2) is 7.55. The lowest BCUT2D eigenvalue weighted by Crippen LogP contribution is -2.44. The summed E-state index contributed by atoms with van der Waals surface area (Å²) in [6.45, 7) is 19.6. The summed E-state index contributed by atoms with van der Waals surface area (Å²) in [7, 11) is 0. The Balaban J connectivity index is 0.000000127. The average molecular weight is 784 g/mol. The molecule has 6 saturated carbocycles. The third kappa shape index (κ3) is 3.14. The van der Waals surface area contributed by atoms with Crippen molar-refractivity contribution in [3.8, 4) is 0 Å². The fourth-order valence-corrected chi connectivity index (χ4v) is 16.1. The van der Waals surface area contributed by atoms with E-state index in [1.54, 1.807) is 0 Å². The summed E-state index contributed by atoms with van der Waals surface area (Å²) in [5.74, 6) is 2.79. The summed E-state index contributed by atoms with van der Waals surface area (Å²) in [5.41, 5.74) is 2.32. The SMILES string of the molecule is CC1(C)CCC[C@@]2(C)O[C@]23CC[C@]2(C)[C@H]([C@H]13)C2(Br)Br.CC1(C)CCC[C@@]2(C)O[C@]23CC[C@]2(C)[C@H]([C@H]13)C2(Br)Br. The Morgan fingerprint density at radius 2 is 0.789 bits per heavy atom. The molecular formula is C32H48Br4O2. The second-order valence-corrected chi connectivity index (χ2v) is 24.3. The summed E-state index contributed by atoms with van der Waals surface area (Å²) in [6.07, 6.45) is 12.9. The highest BCUT2D eigenvalue weighted by atomic mass is 79.9. The van der Waals surface area contributed by atoms with Crippen LogP contribution in [0.1, 0.15) is 120 Å². The third-order valence-corrected chi connectivity index (χ3v) is 20.0. The van der Waals surface area contributed by atoms with E-state index < -0.39 is 0 Å². The molecule has 0 unspecified atom stereocenters. The zero-order chi connectivity index (χ0) is 27.8. The van der Waals surface area contributed by atoms with Crippen molar-refractivity contribution in [2.75, 3.05) is 0 Å². The number of hydrogen-bond donors (Lipinski definition) is 0. The molecule has 2 nitrogen and oxygen atoms in total. The van der Waals surface area contributed by atoms with Gasteiger partial charge in [0, 0.05) is 11.8 Å². The summed E-state index contributed by atoms with van der Waals surface area (Å²) >= 11 is 16.0. The van der Waals surface area contributed by atoms with Crippen molar-refractivity contribution in [1.29, 1.82) is 0 Å². The fourth-order valence-electron chi connectivity index (χ4n) is 11.7. The van der Waals surface area contributed by atoms with Crippen LogP contribution in [0.4, 0.5) is 0 Å². The van der Waals surface area contributed by atoms with Gasteiger partial charge in [0.1, 0.15) is 11.2 Å². The molecule has 2 heterocycles. The van der Waals surface area contributed by atoms with E-state index in [0.29, 0.717) is 45.3 Å². The van der Waals surface area contributed by atoms with Gasteiger partial charge >= 0.3 is 0 Å². The zero-order valence-corrected chi connectivity index (χ0v) is 31.1. The lowest BCUT2D eigenvalue weighted by Gasteiger charge is -2.42. The Kier molecular flexibility index (Phi) is 5.68. The molecule has 0 N–H and O–H groups in total. The number of alkyl halides is 4. The van der Waals surface area contributed by atoms with Crippen LogP contribution in [-0.2, 0) is 9.47 Å². The van der Waals surface area contributed by atoms with Crippen molar-refractivity contribution in [1.82, 2.24) is 0 Å². The molecule has 10 atom stereocenters. The van der Waals surface area contributed by atoms with E-state index in [-0.39, 0.29) is 28.9 Å². The average Bonchev–Trinajstić information content (AvgIpc) is 3.71. The molecule has 0 radical (unpaired) electrons.